The van der Waals surface area contributed by atoms with Crippen LogP contribution in [0.5, 0.6) is 0 Å². The lowest BCUT2D eigenvalue weighted by molar-refractivity contribution is -0.139. The van der Waals surface area contributed by atoms with Gasteiger partial charge in [0.1, 0.15) is 6.04 Å². The van der Waals surface area contributed by atoms with E-state index in [0.717, 1.165) is 19.3 Å². The Labute approximate surface area is 83.2 Å². The number of carboxylic acids is 1. The van der Waals surface area contributed by atoms with Crippen LogP contribution in [-0.2, 0) is 4.79 Å². The first-order valence-corrected chi connectivity index (χ1v) is 4.79. The topological polar surface area (TPSA) is 102 Å². The number of rotatable bonds is 3. The molecule has 5 nitrogen and oxygen atoms in total. The van der Waals surface area contributed by atoms with E-state index in [9.17, 15) is 4.79 Å². The average Bonchev–Trinajstić information content (AvgIpc) is 2.50. The zero-order valence-corrected chi connectivity index (χ0v) is 8.31. The summed E-state index contributed by atoms with van der Waals surface area (Å²) in [5, 5.41) is 8.73. The summed E-state index contributed by atoms with van der Waals surface area (Å²) in [6, 6.07) is -0.594. The normalized spacial score (nSPS) is 30.3. The van der Waals surface area contributed by atoms with Crippen molar-refractivity contribution in [3.63, 3.8) is 0 Å². The van der Waals surface area contributed by atoms with Crippen LogP contribution in [0.15, 0.2) is 4.99 Å². The summed E-state index contributed by atoms with van der Waals surface area (Å²) in [4.78, 5) is 14.8. The molecule has 0 unspecified atom stereocenters. The molecule has 0 aromatic rings. The molecule has 1 aliphatic rings. The van der Waals surface area contributed by atoms with Gasteiger partial charge in [0.15, 0.2) is 0 Å². The van der Waals surface area contributed by atoms with Crippen LogP contribution >= 0.6 is 0 Å². The van der Waals surface area contributed by atoms with Crippen molar-refractivity contribution in [2.24, 2.45) is 22.4 Å². The van der Waals surface area contributed by atoms with Gasteiger partial charge < -0.3 is 16.6 Å². The quantitative estimate of drug-likeness (QED) is 0.438. The Bertz CT molecular complexity index is 248. The zero-order chi connectivity index (χ0) is 10.7. The van der Waals surface area contributed by atoms with Gasteiger partial charge in [0.2, 0.25) is 0 Å². The minimum absolute atomic E-state index is 0.0422. The molecule has 5 N–H and O–H groups in total. The molecule has 0 aromatic heterocycles. The molecule has 14 heavy (non-hydrogen) atoms. The molecular formula is C9H17N3O2. The average molecular weight is 199 g/mol. The number of amidine groups is 1. The highest BCUT2D eigenvalue weighted by atomic mass is 16.4. The van der Waals surface area contributed by atoms with Gasteiger partial charge >= 0.3 is 5.97 Å². The fourth-order valence-corrected chi connectivity index (χ4v) is 1.92. The molecule has 1 saturated carbocycles. The molecule has 0 amide bonds. The molecular weight excluding hydrogens is 182 g/mol. The van der Waals surface area contributed by atoms with E-state index in [0.29, 0.717) is 5.84 Å². The molecule has 5 heteroatoms. The van der Waals surface area contributed by atoms with Crippen molar-refractivity contribution in [2.75, 3.05) is 0 Å². The Morgan fingerprint density at radius 2 is 2.21 bits per heavy atom. The van der Waals surface area contributed by atoms with Crippen LogP contribution in [0.25, 0.3) is 0 Å². The molecule has 3 atom stereocenters. The second-order valence-electron chi connectivity index (χ2n) is 3.86. The van der Waals surface area contributed by atoms with Crippen molar-refractivity contribution in [3.8, 4) is 0 Å². The monoisotopic (exact) mass is 199 g/mol. The maximum atomic E-state index is 10.6. The number of nitrogens with zero attached hydrogens (tertiary/aromatic N) is 1. The molecule has 0 aromatic carbocycles. The highest BCUT2D eigenvalue weighted by Gasteiger charge is 2.32. The second-order valence-corrected chi connectivity index (χ2v) is 3.86. The summed E-state index contributed by atoms with van der Waals surface area (Å²) in [6.07, 6.45) is 2.46. The zero-order valence-electron chi connectivity index (χ0n) is 8.31. The number of hydrogen-bond acceptors (Lipinski definition) is 3. The minimum atomic E-state index is -0.927. The van der Waals surface area contributed by atoms with Crippen LogP contribution in [0.4, 0.5) is 0 Å². The fraction of sp³-hybridized carbons (Fsp3) is 0.778. The van der Waals surface area contributed by atoms with Crippen LogP contribution in [0.1, 0.15) is 26.2 Å². The lowest BCUT2D eigenvalue weighted by atomic mass is 9.99. The maximum Gasteiger partial charge on any atom is 0.320 e. The van der Waals surface area contributed by atoms with Gasteiger partial charge in [-0.25, -0.2) is 0 Å². The van der Waals surface area contributed by atoms with Gasteiger partial charge in [-0.3, -0.25) is 9.79 Å². The predicted molar refractivity (Wildman–Crippen MR) is 54.0 cm³/mol. The van der Waals surface area contributed by atoms with Crippen LogP contribution in [-0.4, -0.2) is 29.0 Å². The van der Waals surface area contributed by atoms with E-state index in [1.54, 1.807) is 6.92 Å². The van der Waals surface area contributed by atoms with Crippen molar-refractivity contribution in [1.29, 1.82) is 0 Å². The largest absolute Gasteiger partial charge is 0.480 e. The molecule has 80 valence electrons. The van der Waals surface area contributed by atoms with Gasteiger partial charge in [0.05, 0.1) is 11.9 Å². The molecule has 0 bridgehead atoms. The van der Waals surface area contributed by atoms with Crippen molar-refractivity contribution < 1.29 is 9.90 Å². The molecule has 1 aliphatic carbocycles. The van der Waals surface area contributed by atoms with Crippen molar-refractivity contribution in [1.82, 2.24) is 0 Å². The molecule has 0 spiro atoms. The van der Waals surface area contributed by atoms with Gasteiger partial charge in [0, 0.05) is 0 Å². The summed E-state index contributed by atoms with van der Waals surface area (Å²) in [7, 11) is 0. The molecule has 0 radical (unpaired) electrons. The van der Waals surface area contributed by atoms with Gasteiger partial charge in [-0.15, -0.1) is 0 Å². The van der Waals surface area contributed by atoms with Gasteiger partial charge in [-0.1, -0.05) is 0 Å². The van der Waals surface area contributed by atoms with Crippen molar-refractivity contribution in [2.45, 2.75) is 38.3 Å². The fourth-order valence-electron chi connectivity index (χ4n) is 1.92. The lowest BCUT2D eigenvalue weighted by Crippen LogP contribution is -2.37. The number of carbonyl (C=O) groups is 1. The van der Waals surface area contributed by atoms with Crippen LogP contribution in [0.3, 0.4) is 0 Å². The predicted octanol–water partition coefficient (Wildman–Crippen LogP) is -0.0559. The Hall–Kier alpha value is -1.10. The van der Waals surface area contributed by atoms with Gasteiger partial charge in [0.25, 0.3) is 0 Å². The number of aliphatic carboxylic acids is 1. The molecule has 1 rings (SSSR count). The van der Waals surface area contributed by atoms with Crippen molar-refractivity contribution >= 4 is 11.8 Å². The summed E-state index contributed by atoms with van der Waals surface area (Å²) in [5.74, 6) is -0.329. The summed E-state index contributed by atoms with van der Waals surface area (Å²) in [6.45, 7) is 1.74. The standard InChI is InChI=1S/C9H17N3O2/c1-5(10)12-7-3-2-6(4-7)8(11)9(13)14/h6-8H,2-4,11H2,1H3,(H2,10,12)(H,13,14)/t6-,7+,8+/m1/s1. The van der Waals surface area contributed by atoms with E-state index < -0.39 is 12.0 Å². The van der Waals surface area contributed by atoms with Crippen LogP contribution in [0, 0.1) is 5.92 Å². The van der Waals surface area contributed by atoms with E-state index in [-0.39, 0.29) is 12.0 Å². The first-order valence-electron chi connectivity index (χ1n) is 4.79. The van der Waals surface area contributed by atoms with E-state index in [2.05, 4.69) is 4.99 Å². The first kappa shape index (κ1) is 11.0. The van der Waals surface area contributed by atoms with E-state index in [1.165, 1.54) is 0 Å². The van der Waals surface area contributed by atoms with Gasteiger partial charge in [-0.2, -0.15) is 0 Å². The highest BCUT2D eigenvalue weighted by Crippen LogP contribution is 2.29. The Balaban J connectivity index is 2.49. The first-order chi connectivity index (χ1) is 6.50. The van der Waals surface area contributed by atoms with E-state index >= 15 is 0 Å². The minimum Gasteiger partial charge on any atom is -0.480 e. The third-order valence-electron chi connectivity index (χ3n) is 2.62. The second kappa shape index (κ2) is 4.41. The third-order valence-corrected chi connectivity index (χ3v) is 2.62. The Kier molecular flexibility index (Phi) is 3.46. The smallest absolute Gasteiger partial charge is 0.320 e. The Morgan fingerprint density at radius 3 is 2.71 bits per heavy atom. The summed E-state index contributed by atoms with van der Waals surface area (Å²) >= 11 is 0. The summed E-state index contributed by atoms with van der Waals surface area (Å²) < 4.78 is 0. The molecule has 0 saturated heterocycles. The molecule has 0 aliphatic heterocycles. The van der Waals surface area contributed by atoms with E-state index in [4.69, 9.17) is 16.6 Å². The van der Waals surface area contributed by atoms with Crippen LogP contribution < -0.4 is 11.5 Å². The summed E-state index contributed by atoms with van der Waals surface area (Å²) in [5.41, 5.74) is 11.0. The van der Waals surface area contributed by atoms with E-state index in [1.807, 2.05) is 0 Å². The highest BCUT2D eigenvalue weighted by molar-refractivity contribution is 5.77. The van der Waals surface area contributed by atoms with Crippen LogP contribution in [0.2, 0.25) is 0 Å². The van der Waals surface area contributed by atoms with Gasteiger partial charge in [-0.05, 0) is 32.1 Å². The van der Waals surface area contributed by atoms with Crippen molar-refractivity contribution in [3.05, 3.63) is 0 Å². The number of nitrogens with two attached hydrogens (primary N) is 2. The molecule has 0 heterocycles. The number of hydrogen-bond donors (Lipinski definition) is 3. The number of aliphatic imine (C=N–C) groups is 1. The SMILES string of the molecule is CC(N)=N[C@H]1CC[C@@H]([C@H](N)C(=O)O)C1. The Morgan fingerprint density at radius 1 is 1.57 bits per heavy atom. The maximum absolute atomic E-state index is 10.6. The lowest BCUT2D eigenvalue weighted by Gasteiger charge is -2.13. The number of carboxylic acid groups (broad SMARTS) is 1. The molecule has 1 fully saturated rings. The third kappa shape index (κ3) is 2.70.